The van der Waals surface area contributed by atoms with E-state index < -0.39 is 0 Å². The van der Waals surface area contributed by atoms with Gasteiger partial charge >= 0.3 is 0 Å². The summed E-state index contributed by atoms with van der Waals surface area (Å²) < 4.78 is 15.7. The number of aromatic nitrogens is 4. The molecule has 0 amide bonds. The van der Waals surface area contributed by atoms with Crippen LogP contribution >= 0.6 is 0 Å². The maximum Gasteiger partial charge on any atom is 0.223 e. The molecule has 0 unspecified atom stereocenters. The second-order valence-corrected chi connectivity index (χ2v) is 7.16. The van der Waals surface area contributed by atoms with Crippen molar-refractivity contribution in [2.24, 2.45) is 0 Å². The van der Waals surface area contributed by atoms with Crippen LogP contribution in [0.15, 0.2) is 60.9 Å². The minimum Gasteiger partial charge on any atom is -0.351 e. The van der Waals surface area contributed by atoms with Crippen LogP contribution in [-0.4, -0.2) is 25.6 Å². The summed E-state index contributed by atoms with van der Waals surface area (Å²) in [4.78, 5) is 9.17. The van der Waals surface area contributed by atoms with Crippen LogP contribution in [0, 0.1) is 5.82 Å². The van der Waals surface area contributed by atoms with E-state index >= 15 is 0 Å². The molecule has 5 rings (SSSR count). The molecule has 0 spiro atoms. The summed E-state index contributed by atoms with van der Waals surface area (Å²) >= 11 is 0. The van der Waals surface area contributed by atoms with Gasteiger partial charge < -0.3 is 5.32 Å². The number of anilines is 1. The average Bonchev–Trinajstić information content (AvgIpc) is 3.35. The lowest BCUT2D eigenvalue weighted by Gasteiger charge is -2.12. The topological polar surface area (TPSA) is 55.1 Å². The van der Waals surface area contributed by atoms with Crippen molar-refractivity contribution in [3.8, 4) is 22.5 Å². The van der Waals surface area contributed by atoms with Gasteiger partial charge in [0.2, 0.25) is 5.95 Å². The van der Waals surface area contributed by atoms with Crippen LogP contribution in [0.1, 0.15) is 25.7 Å². The monoisotopic (exact) mass is 373 g/mol. The van der Waals surface area contributed by atoms with Crippen molar-refractivity contribution < 1.29 is 4.39 Å². The Morgan fingerprint density at radius 2 is 1.93 bits per heavy atom. The number of rotatable bonds is 4. The Kier molecular flexibility index (Phi) is 4.24. The fourth-order valence-corrected chi connectivity index (χ4v) is 3.91. The van der Waals surface area contributed by atoms with Crippen LogP contribution in [0.5, 0.6) is 0 Å². The van der Waals surface area contributed by atoms with Crippen molar-refractivity contribution in [2.75, 3.05) is 5.32 Å². The Morgan fingerprint density at radius 3 is 2.79 bits per heavy atom. The van der Waals surface area contributed by atoms with Gasteiger partial charge in [0, 0.05) is 24.0 Å². The summed E-state index contributed by atoms with van der Waals surface area (Å²) in [5, 5.41) is 8.15. The van der Waals surface area contributed by atoms with E-state index in [0.717, 1.165) is 35.2 Å². The lowest BCUT2D eigenvalue weighted by Crippen LogP contribution is -2.16. The van der Waals surface area contributed by atoms with Gasteiger partial charge in [-0.25, -0.2) is 18.9 Å². The normalized spacial score (nSPS) is 14.6. The van der Waals surface area contributed by atoms with Crippen LogP contribution in [0.4, 0.5) is 10.3 Å². The molecule has 0 aliphatic heterocycles. The van der Waals surface area contributed by atoms with Crippen LogP contribution in [-0.2, 0) is 0 Å². The summed E-state index contributed by atoms with van der Waals surface area (Å²) in [5.41, 5.74) is 4.00. The first-order valence-electron chi connectivity index (χ1n) is 9.61. The van der Waals surface area contributed by atoms with Gasteiger partial charge in [-0.1, -0.05) is 31.0 Å². The zero-order valence-electron chi connectivity index (χ0n) is 15.3. The molecule has 1 N–H and O–H groups in total. The highest BCUT2D eigenvalue weighted by Gasteiger charge is 2.20. The minimum atomic E-state index is -0.285. The van der Waals surface area contributed by atoms with Gasteiger partial charge in [0.15, 0.2) is 0 Å². The lowest BCUT2D eigenvalue weighted by atomic mass is 10.0. The summed E-state index contributed by atoms with van der Waals surface area (Å²) in [7, 11) is 0. The van der Waals surface area contributed by atoms with Gasteiger partial charge in [-0.05, 0) is 43.2 Å². The molecule has 1 aliphatic carbocycles. The summed E-state index contributed by atoms with van der Waals surface area (Å²) in [6, 6.07) is 14.7. The van der Waals surface area contributed by atoms with Crippen molar-refractivity contribution in [1.82, 2.24) is 19.6 Å². The maximum atomic E-state index is 13.9. The predicted molar refractivity (Wildman–Crippen MR) is 107 cm³/mol. The molecule has 6 heteroatoms. The number of nitrogens with zero attached hydrogens (tertiary/aromatic N) is 4. The van der Waals surface area contributed by atoms with Gasteiger partial charge in [0.1, 0.15) is 11.5 Å². The second kappa shape index (κ2) is 7.03. The zero-order chi connectivity index (χ0) is 18.9. The SMILES string of the molecule is Fc1cccc(-c2nn3ccccc3c2-c2ccnc(NC3CCCC3)n2)c1. The fraction of sp³-hybridized carbons (Fsp3) is 0.227. The quantitative estimate of drug-likeness (QED) is 0.550. The van der Waals surface area contributed by atoms with E-state index in [1.54, 1.807) is 12.3 Å². The standard InChI is InChI=1S/C22H20FN5/c23-16-7-5-6-15(14-16)21-20(19-10-3-4-13-28(19)27-21)18-11-12-24-22(26-18)25-17-8-1-2-9-17/h3-7,10-14,17H,1-2,8-9H2,(H,24,25,26). The number of benzene rings is 1. The minimum absolute atomic E-state index is 0.285. The summed E-state index contributed by atoms with van der Waals surface area (Å²) in [5.74, 6) is 0.344. The Hall–Kier alpha value is -3.28. The molecule has 0 atom stereocenters. The van der Waals surface area contributed by atoms with E-state index in [9.17, 15) is 4.39 Å². The van der Waals surface area contributed by atoms with Crippen molar-refractivity contribution >= 4 is 11.5 Å². The molecular formula is C22H20FN5. The first-order valence-corrected chi connectivity index (χ1v) is 9.61. The van der Waals surface area contributed by atoms with Crippen molar-refractivity contribution in [3.63, 3.8) is 0 Å². The van der Waals surface area contributed by atoms with Crippen molar-refractivity contribution in [2.45, 2.75) is 31.7 Å². The molecule has 1 saturated carbocycles. The van der Waals surface area contributed by atoms with Crippen molar-refractivity contribution in [1.29, 1.82) is 0 Å². The Labute approximate surface area is 162 Å². The Morgan fingerprint density at radius 1 is 1.04 bits per heavy atom. The third-order valence-corrected chi connectivity index (χ3v) is 5.24. The van der Waals surface area contributed by atoms with E-state index in [0.29, 0.717) is 17.7 Å². The van der Waals surface area contributed by atoms with Crippen LogP contribution in [0.25, 0.3) is 28.0 Å². The molecule has 28 heavy (non-hydrogen) atoms. The number of fused-ring (bicyclic) bond motifs is 1. The summed E-state index contributed by atoms with van der Waals surface area (Å²) in [6.07, 6.45) is 8.45. The molecule has 0 bridgehead atoms. The largest absolute Gasteiger partial charge is 0.351 e. The lowest BCUT2D eigenvalue weighted by molar-refractivity contribution is 0.628. The second-order valence-electron chi connectivity index (χ2n) is 7.16. The third-order valence-electron chi connectivity index (χ3n) is 5.24. The maximum absolute atomic E-state index is 13.9. The average molecular weight is 373 g/mol. The van der Waals surface area contributed by atoms with E-state index in [1.807, 2.05) is 41.0 Å². The van der Waals surface area contributed by atoms with Crippen molar-refractivity contribution in [3.05, 3.63) is 66.7 Å². The number of hydrogen-bond donors (Lipinski definition) is 1. The molecular weight excluding hydrogens is 353 g/mol. The fourth-order valence-electron chi connectivity index (χ4n) is 3.91. The third kappa shape index (κ3) is 3.11. The highest BCUT2D eigenvalue weighted by atomic mass is 19.1. The Bertz CT molecular complexity index is 1130. The molecule has 1 aliphatic rings. The number of pyridine rings is 1. The van der Waals surface area contributed by atoms with E-state index in [2.05, 4.69) is 10.3 Å². The van der Waals surface area contributed by atoms with E-state index in [1.165, 1.54) is 25.0 Å². The molecule has 0 radical (unpaired) electrons. The number of halogens is 1. The first-order chi connectivity index (χ1) is 13.8. The molecule has 0 saturated heterocycles. The molecule has 5 nitrogen and oxygen atoms in total. The number of hydrogen-bond acceptors (Lipinski definition) is 4. The molecule has 1 aromatic carbocycles. The highest BCUT2D eigenvalue weighted by Crippen LogP contribution is 2.34. The van der Waals surface area contributed by atoms with Crippen LogP contribution in [0.3, 0.4) is 0 Å². The van der Waals surface area contributed by atoms with Gasteiger partial charge in [0.25, 0.3) is 0 Å². The van der Waals surface area contributed by atoms with E-state index in [-0.39, 0.29) is 5.82 Å². The predicted octanol–water partition coefficient (Wildman–Crippen LogP) is 4.95. The molecule has 1 fully saturated rings. The Balaban J connectivity index is 1.64. The first kappa shape index (κ1) is 16.9. The molecule has 4 aromatic rings. The molecule has 3 aromatic heterocycles. The van der Waals surface area contributed by atoms with Gasteiger partial charge in [0.05, 0.1) is 16.8 Å². The van der Waals surface area contributed by atoms with Gasteiger partial charge in [-0.2, -0.15) is 5.10 Å². The number of nitrogens with one attached hydrogen (secondary N) is 1. The molecule has 3 heterocycles. The van der Waals surface area contributed by atoms with Gasteiger partial charge in [-0.3, -0.25) is 0 Å². The van der Waals surface area contributed by atoms with E-state index in [4.69, 9.17) is 10.1 Å². The van der Waals surface area contributed by atoms with Crippen LogP contribution in [0.2, 0.25) is 0 Å². The highest BCUT2D eigenvalue weighted by molar-refractivity contribution is 5.90. The zero-order valence-corrected chi connectivity index (χ0v) is 15.3. The van der Waals surface area contributed by atoms with Crippen LogP contribution < -0.4 is 5.32 Å². The summed E-state index contributed by atoms with van der Waals surface area (Å²) in [6.45, 7) is 0. The smallest absolute Gasteiger partial charge is 0.223 e. The molecule has 140 valence electrons. The van der Waals surface area contributed by atoms with Gasteiger partial charge in [-0.15, -0.1) is 0 Å².